The number of rotatable bonds is 4. The highest BCUT2D eigenvalue weighted by atomic mass is 16.5. The zero-order chi connectivity index (χ0) is 13.3. The number of ether oxygens (including phenoxy) is 1. The molecular weight excluding hydrogens is 236 g/mol. The molecule has 2 rings (SSSR count). The summed E-state index contributed by atoms with van der Waals surface area (Å²) in [5, 5.41) is 13.0. The van der Waals surface area contributed by atoms with E-state index in [2.05, 4.69) is 5.16 Å². The van der Waals surface area contributed by atoms with E-state index >= 15 is 0 Å². The summed E-state index contributed by atoms with van der Waals surface area (Å²) in [5.74, 6) is -0.483. The summed E-state index contributed by atoms with van der Waals surface area (Å²) in [4.78, 5) is 13.1. The quantitative estimate of drug-likeness (QED) is 0.857. The number of aromatic nitrogens is 1. The standard InChI is InChI=1S/C12H18N2O4/c1-7-9(8(2)18-13-7)4-14(3)11-6-17-5-10(11)12(15)16/h10-11H,4-6H2,1-3H3,(H,15,16). The van der Waals surface area contributed by atoms with E-state index in [-0.39, 0.29) is 12.6 Å². The van der Waals surface area contributed by atoms with Crippen LogP contribution in [0.5, 0.6) is 0 Å². The van der Waals surface area contributed by atoms with Crippen molar-refractivity contribution < 1.29 is 19.2 Å². The van der Waals surface area contributed by atoms with Gasteiger partial charge in [0.15, 0.2) is 0 Å². The van der Waals surface area contributed by atoms with Gasteiger partial charge in [0.2, 0.25) is 0 Å². The molecule has 1 aromatic rings. The highest BCUT2D eigenvalue weighted by Crippen LogP contribution is 2.22. The monoisotopic (exact) mass is 254 g/mol. The second-order valence-corrected chi connectivity index (χ2v) is 4.77. The number of likely N-dealkylation sites (N-methyl/N-ethyl adjacent to an activating group) is 1. The number of aryl methyl sites for hydroxylation is 2. The topological polar surface area (TPSA) is 75.8 Å². The molecule has 0 radical (unpaired) electrons. The van der Waals surface area contributed by atoms with E-state index in [9.17, 15) is 4.79 Å². The fourth-order valence-corrected chi connectivity index (χ4v) is 2.31. The van der Waals surface area contributed by atoms with E-state index in [0.29, 0.717) is 13.2 Å². The Morgan fingerprint density at radius 1 is 1.50 bits per heavy atom. The van der Waals surface area contributed by atoms with Gasteiger partial charge in [-0.1, -0.05) is 5.16 Å². The van der Waals surface area contributed by atoms with Gasteiger partial charge in [0.25, 0.3) is 0 Å². The zero-order valence-electron chi connectivity index (χ0n) is 10.8. The third-order valence-electron chi connectivity index (χ3n) is 3.52. The number of hydrogen-bond donors (Lipinski definition) is 1. The second kappa shape index (κ2) is 5.07. The molecule has 1 aliphatic heterocycles. The Kier molecular flexibility index (Phi) is 3.68. The molecular formula is C12H18N2O4. The van der Waals surface area contributed by atoms with Crippen LogP contribution in [0.15, 0.2) is 4.52 Å². The van der Waals surface area contributed by atoms with Crippen molar-refractivity contribution in [1.29, 1.82) is 0 Å². The maximum atomic E-state index is 11.1. The molecule has 2 unspecified atom stereocenters. The minimum absolute atomic E-state index is 0.101. The van der Waals surface area contributed by atoms with E-state index in [1.54, 1.807) is 0 Å². The predicted molar refractivity (Wildman–Crippen MR) is 63.2 cm³/mol. The molecule has 2 heterocycles. The van der Waals surface area contributed by atoms with Crippen LogP contribution in [0.4, 0.5) is 0 Å². The molecule has 6 heteroatoms. The Morgan fingerprint density at radius 2 is 2.22 bits per heavy atom. The third-order valence-corrected chi connectivity index (χ3v) is 3.52. The average Bonchev–Trinajstić information content (AvgIpc) is 2.90. The van der Waals surface area contributed by atoms with Gasteiger partial charge in [0.05, 0.1) is 24.8 Å². The van der Waals surface area contributed by atoms with Crippen molar-refractivity contribution in [2.45, 2.75) is 26.4 Å². The summed E-state index contributed by atoms with van der Waals surface area (Å²) in [7, 11) is 1.90. The van der Waals surface area contributed by atoms with Crippen molar-refractivity contribution in [3.8, 4) is 0 Å². The lowest BCUT2D eigenvalue weighted by molar-refractivity contribution is -0.143. The molecule has 1 fully saturated rings. The van der Waals surface area contributed by atoms with Crippen molar-refractivity contribution >= 4 is 5.97 Å². The lowest BCUT2D eigenvalue weighted by Gasteiger charge is -2.25. The fraction of sp³-hybridized carbons (Fsp3) is 0.667. The molecule has 0 amide bonds. The Balaban J connectivity index is 2.08. The number of carboxylic acid groups (broad SMARTS) is 1. The predicted octanol–water partition coefficient (Wildman–Crippen LogP) is 0.823. The van der Waals surface area contributed by atoms with Gasteiger partial charge >= 0.3 is 5.97 Å². The first-order valence-electron chi connectivity index (χ1n) is 5.93. The molecule has 1 aliphatic rings. The van der Waals surface area contributed by atoms with Crippen LogP contribution in [0.3, 0.4) is 0 Å². The smallest absolute Gasteiger partial charge is 0.310 e. The first-order valence-corrected chi connectivity index (χ1v) is 5.93. The Bertz CT molecular complexity index is 424. The number of carboxylic acids is 1. The van der Waals surface area contributed by atoms with Crippen LogP contribution >= 0.6 is 0 Å². The van der Waals surface area contributed by atoms with Crippen molar-refractivity contribution in [2.75, 3.05) is 20.3 Å². The van der Waals surface area contributed by atoms with Crippen LogP contribution < -0.4 is 0 Å². The van der Waals surface area contributed by atoms with E-state index in [4.69, 9.17) is 14.4 Å². The first kappa shape index (κ1) is 13.0. The minimum Gasteiger partial charge on any atom is -0.481 e. The molecule has 0 bridgehead atoms. The maximum Gasteiger partial charge on any atom is 0.310 e. The number of carbonyl (C=O) groups is 1. The average molecular weight is 254 g/mol. The summed E-state index contributed by atoms with van der Waals surface area (Å²) in [6.07, 6.45) is 0. The van der Waals surface area contributed by atoms with E-state index in [1.165, 1.54) is 0 Å². The van der Waals surface area contributed by atoms with Gasteiger partial charge in [-0.25, -0.2) is 0 Å². The number of aliphatic carboxylic acids is 1. The molecule has 0 aromatic carbocycles. The van der Waals surface area contributed by atoms with Crippen molar-refractivity contribution in [3.63, 3.8) is 0 Å². The molecule has 2 atom stereocenters. The molecule has 0 aliphatic carbocycles. The molecule has 1 aromatic heterocycles. The van der Waals surface area contributed by atoms with Gasteiger partial charge in [-0.2, -0.15) is 0 Å². The summed E-state index contributed by atoms with van der Waals surface area (Å²) in [6.45, 7) is 5.12. The van der Waals surface area contributed by atoms with Gasteiger partial charge in [0, 0.05) is 18.2 Å². The zero-order valence-corrected chi connectivity index (χ0v) is 10.8. The highest BCUT2D eigenvalue weighted by molar-refractivity contribution is 5.71. The third kappa shape index (κ3) is 2.39. The van der Waals surface area contributed by atoms with Gasteiger partial charge in [-0.3, -0.25) is 9.69 Å². The molecule has 0 spiro atoms. The molecule has 1 saturated heterocycles. The fourth-order valence-electron chi connectivity index (χ4n) is 2.31. The summed E-state index contributed by atoms with van der Waals surface area (Å²) in [6, 6.07) is -0.101. The largest absolute Gasteiger partial charge is 0.481 e. The molecule has 6 nitrogen and oxygen atoms in total. The summed E-state index contributed by atoms with van der Waals surface area (Å²) in [5.41, 5.74) is 1.87. The van der Waals surface area contributed by atoms with Crippen molar-refractivity contribution in [2.24, 2.45) is 5.92 Å². The van der Waals surface area contributed by atoms with Gasteiger partial charge < -0.3 is 14.4 Å². The van der Waals surface area contributed by atoms with Crippen LogP contribution in [0.25, 0.3) is 0 Å². The van der Waals surface area contributed by atoms with E-state index in [1.807, 2.05) is 25.8 Å². The van der Waals surface area contributed by atoms with Crippen LogP contribution in [-0.4, -0.2) is 47.4 Å². The summed E-state index contributed by atoms with van der Waals surface area (Å²) < 4.78 is 10.4. The SMILES string of the molecule is Cc1noc(C)c1CN(C)C1COCC1C(=O)O. The highest BCUT2D eigenvalue weighted by Gasteiger charge is 2.36. The van der Waals surface area contributed by atoms with Crippen LogP contribution in [0, 0.1) is 19.8 Å². The van der Waals surface area contributed by atoms with Gasteiger partial charge in [0.1, 0.15) is 5.76 Å². The second-order valence-electron chi connectivity index (χ2n) is 4.77. The van der Waals surface area contributed by atoms with E-state index < -0.39 is 11.9 Å². The molecule has 0 saturated carbocycles. The molecule has 100 valence electrons. The van der Waals surface area contributed by atoms with Crippen molar-refractivity contribution in [3.05, 3.63) is 17.0 Å². The molecule has 1 N–H and O–H groups in total. The normalized spacial score (nSPS) is 23.8. The lowest BCUT2D eigenvalue weighted by Crippen LogP contribution is -2.40. The van der Waals surface area contributed by atoms with Gasteiger partial charge in [-0.15, -0.1) is 0 Å². The number of nitrogens with zero attached hydrogens (tertiary/aromatic N) is 2. The first-order chi connectivity index (χ1) is 8.50. The summed E-state index contributed by atoms with van der Waals surface area (Å²) >= 11 is 0. The minimum atomic E-state index is -0.803. The van der Waals surface area contributed by atoms with E-state index in [0.717, 1.165) is 17.0 Å². The van der Waals surface area contributed by atoms with Crippen LogP contribution in [0.2, 0.25) is 0 Å². The Labute approximate surface area is 106 Å². The Morgan fingerprint density at radius 3 is 2.78 bits per heavy atom. The number of hydrogen-bond acceptors (Lipinski definition) is 5. The lowest BCUT2D eigenvalue weighted by atomic mass is 10.0. The van der Waals surface area contributed by atoms with Crippen LogP contribution in [-0.2, 0) is 16.1 Å². The van der Waals surface area contributed by atoms with Crippen molar-refractivity contribution in [1.82, 2.24) is 10.1 Å². The van der Waals surface area contributed by atoms with Crippen LogP contribution in [0.1, 0.15) is 17.0 Å². The molecule has 18 heavy (non-hydrogen) atoms. The maximum absolute atomic E-state index is 11.1. The Hall–Kier alpha value is -1.40. The van der Waals surface area contributed by atoms with Gasteiger partial charge in [-0.05, 0) is 20.9 Å².